The molecule has 4 aliphatic rings. The summed E-state index contributed by atoms with van der Waals surface area (Å²) in [6.45, 7) is 11.9. The monoisotopic (exact) mass is 797 g/mol. The summed E-state index contributed by atoms with van der Waals surface area (Å²) in [5.41, 5.74) is 6.32. The molecule has 0 radical (unpaired) electrons. The van der Waals surface area contributed by atoms with E-state index in [9.17, 15) is 14.9 Å². The maximum Gasteiger partial charge on any atom is 0.254 e. The Kier molecular flexibility index (Phi) is 9.34. The Balaban J connectivity index is 0.859. The van der Waals surface area contributed by atoms with Crippen LogP contribution in [0.15, 0.2) is 67.0 Å². The quantitative estimate of drug-likeness (QED) is 0.141. The molecule has 13 heteroatoms. The zero-order valence-electron chi connectivity index (χ0n) is 33.5. The third-order valence-electron chi connectivity index (χ3n) is 12.7. The molecule has 2 aliphatic heterocycles. The molecule has 1 atom stereocenters. The molecule has 0 spiro atoms. The molecule has 58 heavy (non-hydrogen) atoms. The van der Waals surface area contributed by atoms with Gasteiger partial charge >= 0.3 is 0 Å². The van der Waals surface area contributed by atoms with Gasteiger partial charge in [0.2, 0.25) is 11.9 Å². The van der Waals surface area contributed by atoms with Crippen LogP contribution >= 0.6 is 11.6 Å². The summed E-state index contributed by atoms with van der Waals surface area (Å²) in [5.74, 6) is 1.49. The molecule has 2 amide bonds. The van der Waals surface area contributed by atoms with Crippen molar-refractivity contribution in [3.63, 3.8) is 0 Å². The first-order valence-electron chi connectivity index (χ1n) is 20.3. The Morgan fingerprint density at radius 2 is 1.74 bits per heavy atom. The number of halogens is 1. The lowest BCUT2D eigenvalue weighted by Crippen LogP contribution is -2.74. The van der Waals surface area contributed by atoms with Gasteiger partial charge in [0.05, 0.1) is 44.8 Å². The van der Waals surface area contributed by atoms with Crippen LogP contribution in [0.2, 0.25) is 5.02 Å². The van der Waals surface area contributed by atoms with E-state index in [0.717, 1.165) is 66.8 Å². The van der Waals surface area contributed by atoms with Crippen molar-refractivity contribution < 1.29 is 14.3 Å². The fraction of sp³-hybridized carbons (Fsp3) is 0.422. The molecule has 12 nitrogen and oxygen atoms in total. The summed E-state index contributed by atoms with van der Waals surface area (Å²) in [4.78, 5) is 37.5. The number of nitrogens with zero attached hydrogens (tertiary/aromatic N) is 6. The number of nitriles is 1. The highest BCUT2D eigenvalue weighted by Gasteiger charge is 2.64. The molecule has 9 rings (SSSR count). The summed E-state index contributed by atoms with van der Waals surface area (Å²) in [6.07, 6.45) is 7.56. The molecule has 3 N–H and O–H groups in total. The molecule has 5 aromatic rings. The minimum absolute atomic E-state index is 0.0222. The van der Waals surface area contributed by atoms with Gasteiger partial charge in [-0.15, -0.1) is 0 Å². The molecule has 0 unspecified atom stereocenters. The van der Waals surface area contributed by atoms with Crippen molar-refractivity contribution in [2.75, 3.05) is 28.6 Å². The second-order valence-corrected chi connectivity index (χ2v) is 18.1. The van der Waals surface area contributed by atoms with Crippen molar-refractivity contribution in [1.82, 2.24) is 25.1 Å². The van der Waals surface area contributed by atoms with Crippen LogP contribution in [0.4, 0.5) is 17.3 Å². The zero-order chi connectivity index (χ0) is 40.5. The van der Waals surface area contributed by atoms with Crippen LogP contribution in [-0.4, -0.2) is 62.8 Å². The molecule has 4 heterocycles. The molecule has 2 aromatic heterocycles. The highest BCUT2D eigenvalue weighted by molar-refractivity contribution is 6.31. The molecule has 0 bridgehead atoms. The molecular formula is C45H48ClN9O3. The van der Waals surface area contributed by atoms with Gasteiger partial charge in [-0.2, -0.15) is 10.4 Å². The van der Waals surface area contributed by atoms with Crippen molar-refractivity contribution in [2.24, 2.45) is 10.8 Å². The number of amides is 2. The summed E-state index contributed by atoms with van der Waals surface area (Å²) >= 11 is 6.26. The highest BCUT2D eigenvalue weighted by atomic mass is 35.5. The first kappa shape index (κ1) is 37.9. The number of anilines is 3. The topological polar surface area (TPSA) is 150 Å². The van der Waals surface area contributed by atoms with E-state index in [1.807, 2.05) is 19.1 Å². The molecule has 298 valence electrons. The first-order chi connectivity index (χ1) is 27.8. The lowest BCUT2D eigenvalue weighted by molar-refractivity contribution is -0.164. The average molecular weight is 798 g/mol. The van der Waals surface area contributed by atoms with Crippen molar-refractivity contribution in [1.29, 1.82) is 5.26 Å². The van der Waals surface area contributed by atoms with Gasteiger partial charge in [-0.25, -0.2) is 9.97 Å². The summed E-state index contributed by atoms with van der Waals surface area (Å²) < 4.78 is 8.64. The van der Waals surface area contributed by atoms with Gasteiger partial charge in [-0.1, -0.05) is 57.5 Å². The van der Waals surface area contributed by atoms with Gasteiger partial charge in [0.1, 0.15) is 17.9 Å². The lowest BCUT2D eigenvalue weighted by atomic mass is 9.49. The number of piperidine rings is 1. The van der Waals surface area contributed by atoms with Gasteiger partial charge in [-0.05, 0) is 68.5 Å². The highest BCUT2D eigenvalue weighted by Crippen LogP contribution is 2.56. The number of ether oxygens (including phenoxy) is 1. The van der Waals surface area contributed by atoms with E-state index < -0.39 is 0 Å². The number of hydrogen-bond donors (Lipinski definition) is 3. The number of carbonyl (C=O) groups excluding carboxylic acids is 2. The number of hydrogen-bond acceptors (Lipinski definition) is 9. The second kappa shape index (κ2) is 14.3. The number of fused-ring (bicyclic) bond motifs is 2. The van der Waals surface area contributed by atoms with E-state index in [-0.39, 0.29) is 46.9 Å². The Labute approximate surface area is 343 Å². The van der Waals surface area contributed by atoms with Crippen LogP contribution in [0, 0.1) is 22.2 Å². The average Bonchev–Trinajstić information content (AvgIpc) is 4.01. The SMILES string of the molecule is C[C@@H]1CC(=O)Nc2cccc(-c3ccc4c(c3)c(C3CC3)nn4C3CCN(c4ncc(C(=O)NC5C(C)(C)C(Oc6ccc(C#N)c(Cl)c6)C5(C)C)cn4)CC3)c2N1. The van der Waals surface area contributed by atoms with Crippen LogP contribution in [0.25, 0.3) is 22.0 Å². The van der Waals surface area contributed by atoms with E-state index in [2.05, 4.69) is 93.5 Å². The van der Waals surface area contributed by atoms with Crippen LogP contribution in [0.1, 0.15) is 100 Å². The number of para-hydroxylation sites is 1. The van der Waals surface area contributed by atoms with E-state index in [0.29, 0.717) is 40.2 Å². The van der Waals surface area contributed by atoms with Crippen LogP contribution in [0.5, 0.6) is 5.75 Å². The predicted octanol–water partition coefficient (Wildman–Crippen LogP) is 8.49. The Hall–Kier alpha value is -5.67. The molecule has 1 saturated heterocycles. The maximum atomic E-state index is 13.5. The van der Waals surface area contributed by atoms with Crippen molar-refractivity contribution in [3.8, 4) is 22.9 Å². The maximum absolute atomic E-state index is 13.5. The predicted molar refractivity (Wildman–Crippen MR) is 225 cm³/mol. The number of aromatic nitrogens is 4. The minimum Gasteiger partial charge on any atom is -0.489 e. The third-order valence-corrected chi connectivity index (χ3v) is 13.0. The van der Waals surface area contributed by atoms with Gasteiger partial charge in [0.25, 0.3) is 5.91 Å². The van der Waals surface area contributed by atoms with Crippen LogP contribution in [0.3, 0.4) is 0 Å². The summed E-state index contributed by atoms with van der Waals surface area (Å²) in [7, 11) is 0. The van der Waals surface area contributed by atoms with Crippen molar-refractivity contribution in [3.05, 3.63) is 88.8 Å². The molecule has 3 fully saturated rings. The molecular weight excluding hydrogens is 750 g/mol. The number of nitrogens with one attached hydrogen (secondary N) is 3. The minimum atomic E-state index is -0.385. The smallest absolute Gasteiger partial charge is 0.254 e. The van der Waals surface area contributed by atoms with Gasteiger partial charge in [0, 0.05) is 77.8 Å². The Bertz CT molecular complexity index is 2460. The van der Waals surface area contributed by atoms with Gasteiger partial charge in [-0.3, -0.25) is 14.3 Å². The van der Waals surface area contributed by atoms with Gasteiger partial charge in [0.15, 0.2) is 0 Å². The fourth-order valence-corrected chi connectivity index (χ4v) is 10.0. The van der Waals surface area contributed by atoms with E-state index in [4.69, 9.17) is 21.4 Å². The van der Waals surface area contributed by atoms with Gasteiger partial charge < -0.3 is 25.6 Å². The number of rotatable bonds is 8. The lowest BCUT2D eigenvalue weighted by Gasteiger charge is -2.63. The standard InChI is InChI=1S/C45H48ClN9O3/c1-25-19-37(56)51-35-8-6-7-32(39(35)50-25)27-12-14-36-33(20-27)38(26-9-10-26)53-55(36)30-15-17-54(18-16-30)43-48-23-29(24-49-43)40(57)52-41-44(2,3)42(45(41,4)5)58-31-13-11-28(22-47)34(46)21-31/h6-8,11-14,20-21,23-26,30,41-42,50H,9-10,15-19H2,1-5H3,(H,51,56)(H,52,57)/t25-,41?,42?/m1/s1. The van der Waals surface area contributed by atoms with Crippen molar-refractivity contribution in [2.45, 2.75) is 96.9 Å². The van der Waals surface area contributed by atoms with Crippen LogP contribution in [-0.2, 0) is 4.79 Å². The zero-order valence-corrected chi connectivity index (χ0v) is 34.2. The Morgan fingerprint density at radius 1 is 1.00 bits per heavy atom. The molecule has 2 aliphatic carbocycles. The van der Waals surface area contributed by atoms with Crippen LogP contribution < -0.4 is 25.6 Å². The Morgan fingerprint density at radius 3 is 2.43 bits per heavy atom. The van der Waals surface area contributed by atoms with E-state index in [1.165, 1.54) is 11.1 Å². The summed E-state index contributed by atoms with van der Waals surface area (Å²) in [5, 5.41) is 26.0. The van der Waals surface area contributed by atoms with Crippen molar-refractivity contribution >= 4 is 51.6 Å². The summed E-state index contributed by atoms with van der Waals surface area (Å²) in [6, 6.07) is 20.0. The molecule has 3 aromatic carbocycles. The largest absolute Gasteiger partial charge is 0.489 e. The molecule has 2 saturated carbocycles. The first-order valence-corrected chi connectivity index (χ1v) is 20.7. The fourth-order valence-electron chi connectivity index (χ4n) is 9.82. The third kappa shape index (κ3) is 6.69. The van der Waals surface area contributed by atoms with E-state index in [1.54, 1.807) is 30.6 Å². The number of benzene rings is 3. The van der Waals surface area contributed by atoms with E-state index >= 15 is 0 Å². The number of carbonyl (C=O) groups is 2. The normalized spacial score (nSPS) is 22.5. The second-order valence-electron chi connectivity index (χ2n) is 17.7.